The largest absolute Gasteiger partial charge is 0.356 e. The number of benzene rings is 2. The highest BCUT2D eigenvalue weighted by Crippen LogP contribution is 2.21. The summed E-state index contributed by atoms with van der Waals surface area (Å²) in [5.41, 5.74) is 3.42. The summed E-state index contributed by atoms with van der Waals surface area (Å²) in [5, 5.41) is 8.64. The highest BCUT2D eigenvalue weighted by Gasteiger charge is 2.12. The smallest absolute Gasteiger partial charge is 0.248 e. The molecule has 0 aliphatic rings. The van der Waals surface area contributed by atoms with Crippen LogP contribution in [0.15, 0.2) is 57.8 Å². The number of carbonyl (C=O) groups excluding carboxylic acids is 1. The summed E-state index contributed by atoms with van der Waals surface area (Å²) < 4.78 is 5.23. The van der Waals surface area contributed by atoms with Crippen LogP contribution in [0.2, 0.25) is 0 Å². The first-order valence-electron chi connectivity index (χ1n) is 8.43. The van der Waals surface area contributed by atoms with Crippen molar-refractivity contribution in [3.8, 4) is 0 Å². The number of nitrogens with zero attached hydrogens (tertiary/aromatic N) is 1. The second kappa shape index (κ2) is 6.48. The number of amides is 1. The Balaban J connectivity index is 1.58. The highest BCUT2D eigenvalue weighted by atomic mass is 16.5. The molecule has 130 valence electrons. The van der Waals surface area contributed by atoms with E-state index >= 15 is 0 Å². The monoisotopic (exact) mass is 347 g/mol. The minimum Gasteiger partial charge on any atom is -0.356 e. The lowest BCUT2D eigenvalue weighted by atomic mass is 10.1. The van der Waals surface area contributed by atoms with Crippen molar-refractivity contribution in [3.63, 3.8) is 0 Å². The SMILES string of the molecule is CCc1cc(=O)[nH]c2cc(NC(=O)Cc3noc4ccccc34)ccc12. The Hall–Kier alpha value is -3.41. The third-order valence-electron chi connectivity index (χ3n) is 4.37. The number of aryl methyl sites for hydroxylation is 1. The van der Waals surface area contributed by atoms with Gasteiger partial charge in [-0.3, -0.25) is 9.59 Å². The fourth-order valence-corrected chi connectivity index (χ4v) is 3.13. The van der Waals surface area contributed by atoms with Crippen molar-refractivity contribution >= 4 is 33.5 Å². The first-order chi connectivity index (χ1) is 12.6. The van der Waals surface area contributed by atoms with Crippen molar-refractivity contribution in [2.45, 2.75) is 19.8 Å². The topological polar surface area (TPSA) is 88.0 Å². The molecule has 0 saturated heterocycles. The fraction of sp³-hybridized carbons (Fsp3) is 0.150. The number of H-pyrrole nitrogens is 1. The molecule has 0 unspecified atom stereocenters. The highest BCUT2D eigenvalue weighted by molar-refractivity contribution is 5.96. The van der Waals surface area contributed by atoms with Crippen LogP contribution < -0.4 is 10.9 Å². The predicted octanol–water partition coefficient (Wildman–Crippen LogP) is 3.41. The molecule has 0 saturated carbocycles. The molecule has 2 aromatic heterocycles. The van der Waals surface area contributed by atoms with E-state index in [-0.39, 0.29) is 17.9 Å². The van der Waals surface area contributed by atoms with E-state index in [1.54, 1.807) is 12.1 Å². The van der Waals surface area contributed by atoms with Crippen LogP contribution in [0.5, 0.6) is 0 Å². The van der Waals surface area contributed by atoms with Gasteiger partial charge in [-0.25, -0.2) is 0 Å². The minimum atomic E-state index is -0.197. The molecule has 2 aromatic carbocycles. The average Bonchev–Trinajstić information content (AvgIpc) is 3.03. The number of nitrogens with one attached hydrogen (secondary N) is 2. The summed E-state index contributed by atoms with van der Waals surface area (Å²) in [7, 11) is 0. The van der Waals surface area contributed by atoms with E-state index in [9.17, 15) is 9.59 Å². The maximum absolute atomic E-state index is 12.4. The lowest BCUT2D eigenvalue weighted by Crippen LogP contribution is -2.15. The van der Waals surface area contributed by atoms with Gasteiger partial charge in [-0.2, -0.15) is 0 Å². The van der Waals surface area contributed by atoms with Gasteiger partial charge in [0.05, 0.1) is 11.9 Å². The molecule has 26 heavy (non-hydrogen) atoms. The van der Waals surface area contributed by atoms with Crippen LogP contribution in [-0.4, -0.2) is 16.0 Å². The first kappa shape index (κ1) is 16.1. The van der Waals surface area contributed by atoms with Crippen LogP contribution in [0.25, 0.3) is 21.9 Å². The number of anilines is 1. The van der Waals surface area contributed by atoms with Gasteiger partial charge >= 0.3 is 0 Å². The van der Waals surface area contributed by atoms with E-state index in [4.69, 9.17) is 4.52 Å². The molecule has 0 bridgehead atoms. The quantitative estimate of drug-likeness (QED) is 0.592. The molecule has 0 atom stereocenters. The van der Waals surface area contributed by atoms with Gasteiger partial charge in [0, 0.05) is 22.5 Å². The molecule has 0 radical (unpaired) electrons. The second-order valence-electron chi connectivity index (χ2n) is 6.12. The Labute approximate surface area is 148 Å². The summed E-state index contributed by atoms with van der Waals surface area (Å²) >= 11 is 0. The van der Waals surface area contributed by atoms with Crippen molar-refractivity contribution < 1.29 is 9.32 Å². The summed E-state index contributed by atoms with van der Waals surface area (Å²) in [6.45, 7) is 2.01. The average molecular weight is 347 g/mol. The van der Waals surface area contributed by atoms with Gasteiger partial charge in [0.15, 0.2) is 5.58 Å². The van der Waals surface area contributed by atoms with E-state index in [2.05, 4.69) is 15.5 Å². The van der Waals surface area contributed by atoms with Crippen molar-refractivity contribution in [2.24, 2.45) is 0 Å². The van der Waals surface area contributed by atoms with E-state index in [0.29, 0.717) is 22.5 Å². The third-order valence-corrected chi connectivity index (χ3v) is 4.37. The van der Waals surface area contributed by atoms with Gasteiger partial charge in [0.2, 0.25) is 11.5 Å². The molecule has 0 spiro atoms. The van der Waals surface area contributed by atoms with Crippen molar-refractivity contribution in [1.82, 2.24) is 10.1 Å². The molecule has 4 aromatic rings. The molecule has 2 N–H and O–H groups in total. The van der Waals surface area contributed by atoms with Crippen LogP contribution in [0.4, 0.5) is 5.69 Å². The van der Waals surface area contributed by atoms with Gasteiger partial charge in [-0.1, -0.05) is 30.3 Å². The standard InChI is InChI=1S/C20H17N3O3/c1-2-12-9-19(24)22-16-10-13(7-8-14(12)16)21-20(25)11-17-15-5-3-4-6-18(15)26-23-17/h3-10H,2,11H2,1H3,(H,21,25)(H,22,24). The van der Waals surface area contributed by atoms with E-state index in [1.807, 2.05) is 43.3 Å². The van der Waals surface area contributed by atoms with Crippen LogP contribution in [0.3, 0.4) is 0 Å². The van der Waals surface area contributed by atoms with E-state index < -0.39 is 0 Å². The Morgan fingerprint density at radius 2 is 2.00 bits per heavy atom. The van der Waals surface area contributed by atoms with Crippen LogP contribution in [0, 0.1) is 0 Å². The lowest BCUT2D eigenvalue weighted by Gasteiger charge is -2.08. The van der Waals surface area contributed by atoms with Crippen LogP contribution in [-0.2, 0) is 17.6 Å². The molecule has 6 heteroatoms. The fourth-order valence-electron chi connectivity index (χ4n) is 3.13. The van der Waals surface area contributed by atoms with Gasteiger partial charge in [0.25, 0.3) is 0 Å². The molecule has 2 heterocycles. The molecule has 0 aliphatic carbocycles. The van der Waals surface area contributed by atoms with Gasteiger partial charge in [-0.05, 0) is 36.2 Å². The number of rotatable bonds is 4. The Morgan fingerprint density at radius 3 is 2.85 bits per heavy atom. The minimum absolute atomic E-state index is 0.112. The number of para-hydroxylation sites is 1. The Bertz CT molecular complexity index is 1170. The number of hydrogen-bond donors (Lipinski definition) is 2. The second-order valence-corrected chi connectivity index (χ2v) is 6.12. The van der Waals surface area contributed by atoms with Crippen LogP contribution in [0.1, 0.15) is 18.2 Å². The first-order valence-corrected chi connectivity index (χ1v) is 8.43. The van der Waals surface area contributed by atoms with Gasteiger partial charge in [0.1, 0.15) is 5.69 Å². The zero-order valence-corrected chi connectivity index (χ0v) is 14.2. The predicted molar refractivity (Wildman–Crippen MR) is 100 cm³/mol. The normalized spacial score (nSPS) is 11.1. The zero-order chi connectivity index (χ0) is 18.1. The number of aromatic nitrogens is 2. The molecular formula is C20H17N3O3. The molecule has 4 rings (SSSR count). The van der Waals surface area contributed by atoms with Gasteiger partial charge in [-0.15, -0.1) is 0 Å². The van der Waals surface area contributed by atoms with E-state index in [1.165, 1.54) is 0 Å². The lowest BCUT2D eigenvalue weighted by molar-refractivity contribution is -0.115. The number of fused-ring (bicyclic) bond motifs is 2. The molecular weight excluding hydrogens is 330 g/mol. The molecule has 0 fully saturated rings. The maximum Gasteiger partial charge on any atom is 0.248 e. The number of carbonyl (C=O) groups is 1. The summed E-state index contributed by atoms with van der Waals surface area (Å²) in [6.07, 6.45) is 0.881. The Morgan fingerprint density at radius 1 is 1.15 bits per heavy atom. The van der Waals surface area contributed by atoms with Crippen molar-refractivity contribution in [1.29, 1.82) is 0 Å². The zero-order valence-electron chi connectivity index (χ0n) is 14.2. The molecule has 1 amide bonds. The summed E-state index contributed by atoms with van der Waals surface area (Å²) in [6, 6.07) is 14.6. The molecule has 6 nitrogen and oxygen atoms in total. The number of aromatic amines is 1. The van der Waals surface area contributed by atoms with Crippen molar-refractivity contribution in [2.75, 3.05) is 5.32 Å². The summed E-state index contributed by atoms with van der Waals surface area (Å²) in [4.78, 5) is 27.0. The van der Waals surface area contributed by atoms with Gasteiger partial charge < -0.3 is 14.8 Å². The van der Waals surface area contributed by atoms with E-state index in [0.717, 1.165) is 22.8 Å². The summed E-state index contributed by atoms with van der Waals surface area (Å²) in [5.74, 6) is -0.197. The molecule has 0 aliphatic heterocycles. The number of hydrogen-bond acceptors (Lipinski definition) is 4. The maximum atomic E-state index is 12.4. The van der Waals surface area contributed by atoms with Crippen LogP contribution >= 0.6 is 0 Å². The van der Waals surface area contributed by atoms with Crippen molar-refractivity contribution in [3.05, 3.63) is 70.1 Å². The third kappa shape index (κ3) is 2.97. The number of pyridine rings is 1. The Kier molecular flexibility index (Phi) is 4.01.